The van der Waals surface area contributed by atoms with Gasteiger partial charge >= 0.3 is 0 Å². The summed E-state index contributed by atoms with van der Waals surface area (Å²) in [5.41, 5.74) is 0. The van der Waals surface area contributed by atoms with Gasteiger partial charge in [0.15, 0.2) is 0 Å². The zero-order chi connectivity index (χ0) is 15.8. The van der Waals surface area contributed by atoms with Crippen LogP contribution in [0.4, 0.5) is 0 Å². The van der Waals surface area contributed by atoms with Crippen molar-refractivity contribution in [2.75, 3.05) is 45.8 Å². The molecule has 0 aliphatic carbocycles. The second-order valence-electron chi connectivity index (χ2n) is 6.68. The summed E-state index contributed by atoms with van der Waals surface area (Å²) >= 11 is 0. The van der Waals surface area contributed by atoms with Crippen molar-refractivity contribution in [3.63, 3.8) is 0 Å². The maximum Gasteiger partial charge on any atom is 0.0113 e. The first-order chi connectivity index (χ1) is 10.1. The summed E-state index contributed by atoms with van der Waals surface area (Å²) in [6, 6.07) is 1.51. The quantitative estimate of drug-likeness (QED) is 0.789. The molecule has 3 nitrogen and oxygen atoms in total. The summed E-state index contributed by atoms with van der Waals surface area (Å²) in [6.07, 6.45) is 2.79. The number of piperidine rings is 1. The molecule has 3 heteroatoms. The van der Waals surface area contributed by atoms with Gasteiger partial charge in [0.05, 0.1) is 0 Å². The Balaban J connectivity index is 0.00000106. The Labute approximate surface area is 133 Å². The fraction of sp³-hybridized carbons (Fsp3) is 1.00. The van der Waals surface area contributed by atoms with Crippen LogP contribution in [0.5, 0.6) is 0 Å². The molecule has 2 saturated heterocycles. The van der Waals surface area contributed by atoms with Gasteiger partial charge in [-0.1, -0.05) is 20.8 Å². The van der Waals surface area contributed by atoms with Crippen molar-refractivity contribution >= 4 is 0 Å². The largest absolute Gasteiger partial charge is 0.301 e. The predicted octanol–water partition coefficient (Wildman–Crippen LogP) is 3.16. The second-order valence-corrected chi connectivity index (χ2v) is 6.68. The molecule has 1 atom stereocenters. The zero-order valence-electron chi connectivity index (χ0n) is 15.4. The van der Waals surface area contributed by atoms with E-state index in [0.29, 0.717) is 0 Å². The molecule has 21 heavy (non-hydrogen) atoms. The molecule has 2 aliphatic rings. The highest BCUT2D eigenvalue weighted by Gasteiger charge is 2.29. The number of likely N-dealkylation sites (tertiary alicyclic amines) is 1. The minimum Gasteiger partial charge on any atom is -0.301 e. The number of hydrogen-bond acceptors (Lipinski definition) is 3. The highest BCUT2D eigenvalue weighted by molar-refractivity contribution is 4.84. The summed E-state index contributed by atoms with van der Waals surface area (Å²) in [4.78, 5) is 7.95. The van der Waals surface area contributed by atoms with E-state index in [9.17, 15) is 0 Å². The van der Waals surface area contributed by atoms with E-state index in [1.54, 1.807) is 0 Å². The maximum absolute atomic E-state index is 2.74. The first-order valence-corrected chi connectivity index (χ1v) is 9.32. The highest BCUT2D eigenvalue weighted by atomic mass is 15.3. The van der Waals surface area contributed by atoms with Crippen LogP contribution in [-0.2, 0) is 0 Å². The van der Waals surface area contributed by atoms with Crippen LogP contribution >= 0.6 is 0 Å². The molecule has 0 N–H and O–H groups in total. The van der Waals surface area contributed by atoms with Crippen molar-refractivity contribution in [3.8, 4) is 0 Å². The normalized spacial score (nSPS) is 24.7. The van der Waals surface area contributed by atoms with Crippen LogP contribution in [0.25, 0.3) is 0 Å². The Kier molecular flexibility index (Phi) is 8.84. The first kappa shape index (κ1) is 18.9. The van der Waals surface area contributed by atoms with E-state index in [-0.39, 0.29) is 0 Å². The first-order valence-electron chi connectivity index (χ1n) is 9.32. The van der Waals surface area contributed by atoms with Gasteiger partial charge in [-0.15, -0.1) is 0 Å². The van der Waals surface area contributed by atoms with Crippen molar-refractivity contribution in [1.82, 2.24) is 14.7 Å². The number of hydrogen-bond donors (Lipinski definition) is 0. The van der Waals surface area contributed by atoms with Gasteiger partial charge in [0.1, 0.15) is 0 Å². The SMILES string of the molecule is CC.CCN1CCN(C(C)C2CCN(C(C)C)CC2)CC1. The molecule has 126 valence electrons. The topological polar surface area (TPSA) is 9.72 Å². The van der Waals surface area contributed by atoms with Gasteiger partial charge in [-0.2, -0.15) is 0 Å². The molecule has 0 radical (unpaired) electrons. The Morgan fingerprint density at radius 1 is 0.810 bits per heavy atom. The molecule has 0 aromatic carbocycles. The average Bonchev–Trinajstić information content (AvgIpc) is 2.56. The average molecular weight is 298 g/mol. The Bertz CT molecular complexity index is 251. The third kappa shape index (κ3) is 5.54. The molecule has 2 heterocycles. The fourth-order valence-corrected chi connectivity index (χ4v) is 3.70. The van der Waals surface area contributed by atoms with E-state index in [2.05, 4.69) is 42.4 Å². The van der Waals surface area contributed by atoms with Gasteiger partial charge in [0.2, 0.25) is 0 Å². The van der Waals surface area contributed by atoms with Crippen LogP contribution in [0.2, 0.25) is 0 Å². The Morgan fingerprint density at radius 2 is 1.33 bits per heavy atom. The molecule has 0 amide bonds. The molecule has 2 rings (SSSR count). The predicted molar refractivity (Wildman–Crippen MR) is 93.9 cm³/mol. The standard InChI is InChI=1S/C16H33N3.C2H6/c1-5-17-10-12-19(13-11-17)15(4)16-6-8-18(9-7-16)14(2)3;1-2/h14-16H,5-13H2,1-4H3;1-2H3. The van der Waals surface area contributed by atoms with E-state index in [0.717, 1.165) is 18.0 Å². The lowest BCUT2D eigenvalue weighted by molar-refractivity contribution is 0.0497. The summed E-state index contributed by atoms with van der Waals surface area (Å²) in [6.45, 7) is 22.3. The van der Waals surface area contributed by atoms with Crippen LogP contribution in [-0.4, -0.2) is 72.6 Å². The molecule has 1 unspecified atom stereocenters. The van der Waals surface area contributed by atoms with Crippen LogP contribution in [0, 0.1) is 5.92 Å². The third-order valence-electron chi connectivity index (χ3n) is 5.42. The van der Waals surface area contributed by atoms with E-state index < -0.39 is 0 Å². The zero-order valence-corrected chi connectivity index (χ0v) is 15.4. The van der Waals surface area contributed by atoms with Crippen molar-refractivity contribution in [3.05, 3.63) is 0 Å². The highest BCUT2D eigenvalue weighted by Crippen LogP contribution is 2.25. The molecule has 2 fully saturated rings. The smallest absolute Gasteiger partial charge is 0.0113 e. The van der Waals surface area contributed by atoms with Crippen molar-refractivity contribution < 1.29 is 0 Å². The van der Waals surface area contributed by atoms with E-state index in [1.165, 1.54) is 58.7 Å². The molecule has 2 aliphatic heterocycles. The van der Waals surface area contributed by atoms with Crippen molar-refractivity contribution in [2.24, 2.45) is 5.92 Å². The van der Waals surface area contributed by atoms with Gasteiger partial charge < -0.3 is 9.80 Å². The number of rotatable bonds is 4. The molecule has 0 aromatic heterocycles. The molecular weight excluding hydrogens is 258 g/mol. The third-order valence-corrected chi connectivity index (χ3v) is 5.42. The molecule has 0 bridgehead atoms. The van der Waals surface area contributed by atoms with E-state index in [4.69, 9.17) is 0 Å². The minimum atomic E-state index is 0.726. The van der Waals surface area contributed by atoms with Gasteiger partial charge in [-0.05, 0) is 59.2 Å². The van der Waals surface area contributed by atoms with Crippen molar-refractivity contribution in [2.45, 2.75) is 66.5 Å². The Hall–Kier alpha value is -0.120. The van der Waals surface area contributed by atoms with Gasteiger partial charge in [-0.25, -0.2) is 0 Å². The van der Waals surface area contributed by atoms with E-state index in [1.807, 2.05) is 13.8 Å². The Morgan fingerprint density at radius 3 is 1.76 bits per heavy atom. The number of likely N-dealkylation sites (N-methyl/N-ethyl adjacent to an activating group) is 1. The van der Waals surface area contributed by atoms with Crippen LogP contribution in [0.1, 0.15) is 54.4 Å². The molecule has 0 spiro atoms. The summed E-state index contributed by atoms with van der Waals surface area (Å²) < 4.78 is 0. The minimum absolute atomic E-state index is 0.726. The molecule has 0 saturated carbocycles. The summed E-state index contributed by atoms with van der Waals surface area (Å²) in [7, 11) is 0. The van der Waals surface area contributed by atoms with Crippen molar-refractivity contribution in [1.29, 1.82) is 0 Å². The second kappa shape index (κ2) is 9.81. The van der Waals surface area contributed by atoms with Gasteiger partial charge in [0, 0.05) is 38.3 Å². The number of nitrogens with zero attached hydrogens (tertiary/aromatic N) is 3. The molecule has 0 aromatic rings. The van der Waals surface area contributed by atoms with Crippen LogP contribution in [0.3, 0.4) is 0 Å². The maximum atomic E-state index is 2.74. The lowest BCUT2D eigenvalue weighted by atomic mass is 9.88. The lowest BCUT2D eigenvalue weighted by Gasteiger charge is -2.43. The fourth-order valence-electron chi connectivity index (χ4n) is 3.70. The summed E-state index contributed by atoms with van der Waals surface area (Å²) in [5, 5.41) is 0. The number of piperazine rings is 1. The van der Waals surface area contributed by atoms with Crippen LogP contribution in [0.15, 0.2) is 0 Å². The molecular formula is C18H39N3. The van der Waals surface area contributed by atoms with Crippen LogP contribution < -0.4 is 0 Å². The van der Waals surface area contributed by atoms with Gasteiger partial charge in [-0.3, -0.25) is 4.90 Å². The summed E-state index contributed by atoms with van der Waals surface area (Å²) in [5.74, 6) is 0.920. The van der Waals surface area contributed by atoms with Gasteiger partial charge in [0.25, 0.3) is 0 Å². The lowest BCUT2D eigenvalue weighted by Crippen LogP contribution is -2.52. The monoisotopic (exact) mass is 297 g/mol. The van der Waals surface area contributed by atoms with E-state index >= 15 is 0 Å².